The fourth-order valence-corrected chi connectivity index (χ4v) is 3.30. The minimum Gasteiger partial charge on any atom is -0.457 e. The van der Waals surface area contributed by atoms with Crippen molar-refractivity contribution >= 4 is 11.6 Å². The van der Waals surface area contributed by atoms with E-state index in [0.717, 1.165) is 41.2 Å². The van der Waals surface area contributed by atoms with Crippen molar-refractivity contribution in [3.05, 3.63) is 84.8 Å². The third-order valence-electron chi connectivity index (χ3n) is 4.92. The molecule has 0 unspecified atom stereocenters. The Hall–Kier alpha value is -3.64. The molecule has 2 aromatic heterocycles. The van der Waals surface area contributed by atoms with Crippen LogP contribution in [-0.4, -0.2) is 47.4 Å². The molecule has 1 amide bonds. The number of benzene rings is 2. The molecule has 0 atom stereocenters. The Morgan fingerprint density at radius 3 is 2.39 bits per heavy atom. The van der Waals surface area contributed by atoms with Crippen molar-refractivity contribution in [2.24, 2.45) is 0 Å². The monoisotopic (exact) mass is 414 g/mol. The van der Waals surface area contributed by atoms with E-state index in [4.69, 9.17) is 4.74 Å². The van der Waals surface area contributed by atoms with Gasteiger partial charge in [0.2, 0.25) is 0 Å². The van der Waals surface area contributed by atoms with Gasteiger partial charge in [-0.3, -0.25) is 4.79 Å². The van der Waals surface area contributed by atoms with Crippen LogP contribution >= 0.6 is 0 Å². The summed E-state index contributed by atoms with van der Waals surface area (Å²) < 4.78 is 7.75. The van der Waals surface area contributed by atoms with Crippen LogP contribution in [0.15, 0.2) is 79.1 Å². The van der Waals surface area contributed by atoms with Crippen LogP contribution in [0.2, 0.25) is 0 Å². The molecule has 2 heterocycles. The Labute approximate surface area is 182 Å². The van der Waals surface area contributed by atoms with E-state index < -0.39 is 0 Å². The van der Waals surface area contributed by atoms with Crippen molar-refractivity contribution in [3.8, 4) is 22.6 Å². The van der Waals surface area contributed by atoms with E-state index in [1.165, 1.54) is 0 Å². The van der Waals surface area contributed by atoms with Crippen LogP contribution in [0.4, 0.5) is 0 Å². The number of nitrogens with zero attached hydrogens (tertiary/aromatic N) is 3. The third-order valence-corrected chi connectivity index (χ3v) is 4.92. The number of fused-ring (bicyclic) bond motifs is 1. The molecule has 6 heteroatoms. The number of rotatable bonds is 8. The maximum absolute atomic E-state index is 12.4. The van der Waals surface area contributed by atoms with Crippen LogP contribution in [-0.2, 0) is 0 Å². The van der Waals surface area contributed by atoms with Crippen LogP contribution in [0.1, 0.15) is 16.9 Å². The molecule has 0 radical (unpaired) electrons. The largest absolute Gasteiger partial charge is 0.457 e. The molecule has 4 rings (SSSR count). The molecule has 4 aromatic rings. The molecular weight excluding hydrogens is 388 g/mol. The quantitative estimate of drug-likeness (QED) is 0.432. The van der Waals surface area contributed by atoms with E-state index in [2.05, 4.69) is 15.2 Å². The molecule has 6 nitrogen and oxygen atoms in total. The molecule has 0 saturated carbocycles. The maximum Gasteiger partial charge on any atom is 0.271 e. The third kappa shape index (κ3) is 5.29. The van der Waals surface area contributed by atoms with Gasteiger partial charge in [-0.1, -0.05) is 30.3 Å². The van der Waals surface area contributed by atoms with Gasteiger partial charge in [0.05, 0.1) is 0 Å². The number of pyridine rings is 1. The number of nitrogens with one attached hydrogen (secondary N) is 1. The molecule has 0 saturated heterocycles. The topological polar surface area (TPSA) is 58.9 Å². The van der Waals surface area contributed by atoms with Gasteiger partial charge in [0.1, 0.15) is 22.8 Å². The first kappa shape index (κ1) is 20.6. The molecule has 0 aliphatic carbocycles. The van der Waals surface area contributed by atoms with Gasteiger partial charge in [-0.2, -0.15) is 0 Å². The second-order valence-corrected chi connectivity index (χ2v) is 7.66. The summed E-state index contributed by atoms with van der Waals surface area (Å²) in [6.45, 7) is 1.57. The molecule has 2 aromatic carbocycles. The number of carbonyl (C=O) groups excluding carboxylic acids is 1. The maximum atomic E-state index is 12.4. The minimum absolute atomic E-state index is 0.147. The average Bonchev–Trinajstić information content (AvgIpc) is 3.21. The molecule has 31 heavy (non-hydrogen) atoms. The second-order valence-electron chi connectivity index (χ2n) is 7.66. The highest BCUT2D eigenvalue weighted by atomic mass is 16.5. The highest BCUT2D eigenvalue weighted by Gasteiger charge is 2.11. The van der Waals surface area contributed by atoms with E-state index in [1.54, 1.807) is 6.20 Å². The average molecular weight is 415 g/mol. The molecule has 0 fully saturated rings. The van der Waals surface area contributed by atoms with E-state index >= 15 is 0 Å². The van der Waals surface area contributed by atoms with E-state index in [1.807, 2.05) is 91.4 Å². The Bertz CT molecular complexity index is 1150. The number of aromatic nitrogens is 2. The van der Waals surface area contributed by atoms with E-state index in [9.17, 15) is 4.79 Å². The molecule has 1 N–H and O–H groups in total. The van der Waals surface area contributed by atoms with Gasteiger partial charge in [-0.15, -0.1) is 0 Å². The summed E-state index contributed by atoms with van der Waals surface area (Å²) in [4.78, 5) is 18.9. The summed E-state index contributed by atoms with van der Waals surface area (Å²) in [5.74, 6) is 1.45. The van der Waals surface area contributed by atoms with Gasteiger partial charge in [0.25, 0.3) is 5.91 Å². The Morgan fingerprint density at radius 1 is 0.935 bits per heavy atom. The van der Waals surface area contributed by atoms with Crippen LogP contribution in [0.5, 0.6) is 11.5 Å². The molecule has 158 valence electrons. The zero-order chi connectivity index (χ0) is 21.6. The van der Waals surface area contributed by atoms with Crippen molar-refractivity contribution in [2.45, 2.75) is 6.42 Å². The number of para-hydroxylation sites is 1. The predicted octanol–water partition coefficient (Wildman–Crippen LogP) is 4.48. The molecule has 0 aliphatic rings. The zero-order valence-corrected chi connectivity index (χ0v) is 17.8. The Morgan fingerprint density at radius 2 is 1.65 bits per heavy atom. The molecular formula is C25H26N4O2. The van der Waals surface area contributed by atoms with Crippen LogP contribution in [0.3, 0.4) is 0 Å². The summed E-state index contributed by atoms with van der Waals surface area (Å²) in [5, 5.41) is 2.93. The van der Waals surface area contributed by atoms with Crippen molar-refractivity contribution in [1.29, 1.82) is 0 Å². The minimum atomic E-state index is -0.147. The zero-order valence-electron chi connectivity index (χ0n) is 17.8. The highest BCUT2D eigenvalue weighted by Crippen LogP contribution is 2.26. The van der Waals surface area contributed by atoms with Gasteiger partial charge >= 0.3 is 0 Å². The first-order valence-corrected chi connectivity index (χ1v) is 10.3. The fourth-order valence-electron chi connectivity index (χ4n) is 3.30. The number of amides is 1. The lowest BCUT2D eigenvalue weighted by Gasteiger charge is -2.09. The first-order valence-electron chi connectivity index (χ1n) is 10.3. The highest BCUT2D eigenvalue weighted by molar-refractivity contribution is 5.92. The second kappa shape index (κ2) is 9.45. The lowest BCUT2D eigenvalue weighted by Crippen LogP contribution is -2.27. The van der Waals surface area contributed by atoms with Crippen molar-refractivity contribution in [1.82, 2.24) is 19.6 Å². The van der Waals surface area contributed by atoms with Gasteiger partial charge < -0.3 is 19.4 Å². The number of hydrogen-bond donors (Lipinski definition) is 1. The summed E-state index contributed by atoms with van der Waals surface area (Å²) >= 11 is 0. The van der Waals surface area contributed by atoms with Gasteiger partial charge in [-0.25, -0.2) is 4.98 Å². The fraction of sp³-hybridized carbons (Fsp3) is 0.200. The summed E-state index contributed by atoms with van der Waals surface area (Å²) in [7, 11) is 4.04. The smallest absolute Gasteiger partial charge is 0.271 e. The van der Waals surface area contributed by atoms with Crippen molar-refractivity contribution in [2.75, 3.05) is 27.2 Å². The van der Waals surface area contributed by atoms with Gasteiger partial charge in [-0.05, 0) is 74.6 Å². The van der Waals surface area contributed by atoms with Gasteiger partial charge in [0, 0.05) is 18.9 Å². The lowest BCUT2D eigenvalue weighted by atomic mass is 10.1. The van der Waals surface area contributed by atoms with E-state index in [0.29, 0.717) is 12.2 Å². The summed E-state index contributed by atoms with van der Waals surface area (Å²) in [6, 6.07) is 21.6. The summed E-state index contributed by atoms with van der Waals surface area (Å²) in [6.07, 6.45) is 4.66. The van der Waals surface area contributed by atoms with Crippen molar-refractivity contribution < 1.29 is 9.53 Å². The van der Waals surface area contributed by atoms with E-state index in [-0.39, 0.29) is 5.91 Å². The summed E-state index contributed by atoms with van der Waals surface area (Å²) in [5.41, 5.74) is 3.26. The standard InChI is InChI=1S/C25H26N4O2/c1-28(2)16-6-15-26-25(30)23-18-29-17-20(11-14-24(29)27-23)19-9-12-22(13-10-19)31-21-7-4-3-5-8-21/h3-5,7-14,17-18H,6,15-16H2,1-2H3,(H,26,30). The molecule has 0 aliphatic heterocycles. The Kier molecular flexibility index (Phi) is 6.29. The SMILES string of the molecule is CN(C)CCCNC(=O)c1cn2cc(-c3ccc(Oc4ccccc4)cc3)ccc2n1. The van der Waals surface area contributed by atoms with Gasteiger partial charge in [0.15, 0.2) is 0 Å². The number of carbonyl (C=O) groups is 1. The molecule has 0 bridgehead atoms. The lowest BCUT2D eigenvalue weighted by molar-refractivity contribution is 0.0948. The Balaban J connectivity index is 1.44. The van der Waals surface area contributed by atoms with Crippen LogP contribution in [0, 0.1) is 0 Å². The number of ether oxygens (including phenoxy) is 1. The van der Waals surface area contributed by atoms with Crippen molar-refractivity contribution in [3.63, 3.8) is 0 Å². The predicted molar refractivity (Wildman–Crippen MR) is 123 cm³/mol. The number of imidazole rings is 1. The first-order chi connectivity index (χ1) is 15.1. The number of hydrogen-bond acceptors (Lipinski definition) is 4. The van der Waals surface area contributed by atoms with Crippen LogP contribution < -0.4 is 10.1 Å². The normalized spacial score (nSPS) is 11.1. The molecule has 0 spiro atoms. The van der Waals surface area contributed by atoms with Crippen LogP contribution in [0.25, 0.3) is 16.8 Å².